The van der Waals surface area contributed by atoms with E-state index >= 15 is 0 Å². The van der Waals surface area contributed by atoms with Crippen molar-refractivity contribution in [2.75, 3.05) is 20.2 Å². The first-order valence-electron chi connectivity index (χ1n) is 8.51. The standard InChI is InChI=1S/C20H23N3O/c1-22-19-6-4-3-5-18(19)21-20(22)16-11-12-23(14-16)13-15-7-9-17(24-2)10-8-15/h3-10,16H,11-14H2,1-2H3/t16-/m0/s1. The number of methoxy groups -OCH3 is 1. The number of nitrogens with zero attached hydrogens (tertiary/aromatic N) is 3. The van der Waals surface area contributed by atoms with E-state index in [-0.39, 0.29) is 0 Å². The fourth-order valence-electron chi connectivity index (χ4n) is 3.71. The number of fused-ring (bicyclic) bond motifs is 1. The van der Waals surface area contributed by atoms with Crippen LogP contribution in [0.2, 0.25) is 0 Å². The number of ether oxygens (including phenoxy) is 1. The largest absolute Gasteiger partial charge is 0.497 e. The van der Waals surface area contributed by atoms with Crippen LogP contribution in [0.4, 0.5) is 0 Å². The molecule has 2 heterocycles. The minimum atomic E-state index is 0.514. The number of para-hydroxylation sites is 2. The van der Waals surface area contributed by atoms with Crippen LogP contribution in [0, 0.1) is 0 Å². The van der Waals surface area contributed by atoms with E-state index in [4.69, 9.17) is 9.72 Å². The highest BCUT2D eigenvalue weighted by Crippen LogP contribution is 2.29. The maximum absolute atomic E-state index is 5.23. The topological polar surface area (TPSA) is 30.3 Å². The van der Waals surface area contributed by atoms with Crippen molar-refractivity contribution < 1.29 is 4.74 Å². The zero-order valence-corrected chi connectivity index (χ0v) is 14.3. The van der Waals surface area contributed by atoms with E-state index < -0.39 is 0 Å². The van der Waals surface area contributed by atoms with E-state index in [2.05, 4.69) is 52.9 Å². The third-order valence-electron chi connectivity index (χ3n) is 5.02. The highest BCUT2D eigenvalue weighted by atomic mass is 16.5. The van der Waals surface area contributed by atoms with Crippen molar-refractivity contribution in [2.45, 2.75) is 18.9 Å². The highest BCUT2D eigenvalue weighted by molar-refractivity contribution is 5.75. The molecule has 0 radical (unpaired) electrons. The van der Waals surface area contributed by atoms with Gasteiger partial charge in [-0.3, -0.25) is 4.90 Å². The van der Waals surface area contributed by atoms with Crippen LogP contribution < -0.4 is 4.74 Å². The molecule has 0 aliphatic carbocycles. The molecule has 0 spiro atoms. The summed E-state index contributed by atoms with van der Waals surface area (Å²) >= 11 is 0. The van der Waals surface area contributed by atoms with Gasteiger partial charge in [0.1, 0.15) is 11.6 Å². The molecule has 1 aliphatic rings. The molecule has 3 aromatic rings. The second-order valence-corrected chi connectivity index (χ2v) is 6.59. The van der Waals surface area contributed by atoms with E-state index in [1.54, 1.807) is 7.11 Å². The molecule has 2 aromatic carbocycles. The molecule has 1 saturated heterocycles. The normalized spacial score (nSPS) is 18.3. The second-order valence-electron chi connectivity index (χ2n) is 6.59. The highest BCUT2D eigenvalue weighted by Gasteiger charge is 2.27. The van der Waals surface area contributed by atoms with Gasteiger partial charge in [-0.25, -0.2) is 4.98 Å². The molecular formula is C20H23N3O. The number of hydrogen-bond donors (Lipinski definition) is 0. The van der Waals surface area contributed by atoms with Crippen molar-refractivity contribution in [2.24, 2.45) is 7.05 Å². The second kappa shape index (κ2) is 6.29. The number of imidazole rings is 1. The Morgan fingerprint density at radius 1 is 1.12 bits per heavy atom. The fourth-order valence-corrected chi connectivity index (χ4v) is 3.71. The molecule has 0 unspecified atom stereocenters. The molecule has 4 rings (SSSR count). The van der Waals surface area contributed by atoms with Crippen molar-refractivity contribution in [3.63, 3.8) is 0 Å². The molecule has 0 amide bonds. The lowest BCUT2D eigenvalue weighted by molar-refractivity contribution is 0.325. The van der Waals surface area contributed by atoms with E-state index in [9.17, 15) is 0 Å². The van der Waals surface area contributed by atoms with Gasteiger partial charge in [0.15, 0.2) is 0 Å². The maximum atomic E-state index is 5.23. The molecule has 1 aromatic heterocycles. The Balaban J connectivity index is 1.48. The van der Waals surface area contributed by atoms with E-state index in [0.717, 1.165) is 30.9 Å². The first-order valence-corrected chi connectivity index (χ1v) is 8.51. The van der Waals surface area contributed by atoms with Crippen LogP contribution in [0.5, 0.6) is 5.75 Å². The number of aryl methyl sites for hydroxylation is 1. The minimum Gasteiger partial charge on any atom is -0.497 e. The fraction of sp³-hybridized carbons (Fsp3) is 0.350. The number of aromatic nitrogens is 2. The Labute approximate surface area is 142 Å². The lowest BCUT2D eigenvalue weighted by atomic mass is 10.1. The van der Waals surface area contributed by atoms with Gasteiger partial charge in [-0.2, -0.15) is 0 Å². The Morgan fingerprint density at radius 3 is 2.67 bits per heavy atom. The van der Waals surface area contributed by atoms with Gasteiger partial charge in [-0.05, 0) is 42.8 Å². The van der Waals surface area contributed by atoms with Gasteiger partial charge in [-0.1, -0.05) is 24.3 Å². The van der Waals surface area contributed by atoms with Gasteiger partial charge in [0.05, 0.1) is 18.1 Å². The van der Waals surface area contributed by atoms with E-state index in [1.807, 2.05) is 12.1 Å². The van der Waals surface area contributed by atoms with Crippen molar-refractivity contribution in [1.82, 2.24) is 14.5 Å². The monoisotopic (exact) mass is 321 g/mol. The van der Waals surface area contributed by atoms with Crippen LogP contribution in [0.15, 0.2) is 48.5 Å². The molecular weight excluding hydrogens is 298 g/mol. The van der Waals surface area contributed by atoms with Gasteiger partial charge in [-0.15, -0.1) is 0 Å². The van der Waals surface area contributed by atoms with E-state index in [1.165, 1.54) is 23.3 Å². The molecule has 0 bridgehead atoms. The molecule has 0 N–H and O–H groups in total. The van der Waals surface area contributed by atoms with Gasteiger partial charge >= 0.3 is 0 Å². The average molecular weight is 321 g/mol. The third-order valence-corrected chi connectivity index (χ3v) is 5.02. The summed E-state index contributed by atoms with van der Waals surface area (Å²) in [6.45, 7) is 3.19. The molecule has 4 heteroatoms. The number of hydrogen-bond acceptors (Lipinski definition) is 3. The van der Waals surface area contributed by atoms with Gasteiger partial charge in [0.2, 0.25) is 0 Å². The smallest absolute Gasteiger partial charge is 0.118 e. The summed E-state index contributed by atoms with van der Waals surface area (Å²) in [4.78, 5) is 7.40. The lowest BCUT2D eigenvalue weighted by Crippen LogP contribution is -2.20. The zero-order valence-electron chi connectivity index (χ0n) is 14.3. The third kappa shape index (κ3) is 2.78. The van der Waals surface area contributed by atoms with Crippen LogP contribution in [-0.4, -0.2) is 34.7 Å². The summed E-state index contributed by atoms with van der Waals surface area (Å²) < 4.78 is 7.49. The molecule has 1 fully saturated rings. The Kier molecular flexibility index (Phi) is 3.98. The number of likely N-dealkylation sites (tertiary alicyclic amines) is 1. The SMILES string of the molecule is COc1ccc(CN2CC[C@H](c3nc4ccccc4n3C)C2)cc1. The summed E-state index contributed by atoms with van der Waals surface area (Å²) in [6.07, 6.45) is 1.17. The van der Waals surface area contributed by atoms with Crippen LogP contribution in [-0.2, 0) is 13.6 Å². The average Bonchev–Trinajstić information content (AvgIpc) is 3.21. The molecule has 1 aliphatic heterocycles. The van der Waals surface area contributed by atoms with Gasteiger partial charge < -0.3 is 9.30 Å². The summed E-state index contributed by atoms with van der Waals surface area (Å²) in [6, 6.07) is 16.8. The quantitative estimate of drug-likeness (QED) is 0.736. The summed E-state index contributed by atoms with van der Waals surface area (Å²) in [7, 11) is 3.84. The van der Waals surface area contributed by atoms with Crippen molar-refractivity contribution in [3.05, 3.63) is 59.9 Å². The zero-order chi connectivity index (χ0) is 16.5. The van der Waals surface area contributed by atoms with Crippen molar-refractivity contribution >= 4 is 11.0 Å². The lowest BCUT2D eigenvalue weighted by Gasteiger charge is -2.16. The maximum Gasteiger partial charge on any atom is 0.118 e. The summed E-state index contributed by atoms with van der Waals surface area (Å²) in [5.41, 5.74) is 3.66. The molecule has 24 heavy (non-hydrogen) atoms. The van der Waals surface area contributed by atoms with Crippen LogP contribution >= 0.6 is 0 Å². The predicted molar refractivity (Wildman–Crippen MR) is 96.3 cm³/mol. The Hall–Kier alpha value is -2.33. The summed E-state index contributed by atoms with van der Waals surface area (Å²) in [5, 5.41) is 0. The first-order chi connectivity index (χ1) is 11.7. The summed E-state index contributed by atoms with van der Waals surface area (Å²) in [5.74, 6) is 2.65. The first kappa shape index (κ1) is 15.2. The predicted octanol–water partition coefficient (Wildman–Crippen LogP) is 3.57. The number of rotatable bonds is 4. The van der Waals surface area contributed by atoms with Gasteiger partial charge in [0.25, 0.3) is 0 Å². The van der Waals surface area contributed by atoms with E-state index in [0.29, 0.717) is 5.92 Å². The van der Waals surface area contributed by atoms with Crippen LogP contribution in [0.1, 0.15) is 23.7 Å². The molecule has 0 saturated carbocycles. The van der Waals surface area contributed by atoms with Gasteiger partial charge in [0, 0.05) is 26.1 Å². The molecule has 124 valence electrons. The molecule has 1 atom stereocenters. The van der Waals surface area contributed by atoms with Crippen molar-refractivity contribution in [3.8, 4) is 5.75 Å². The van der Waals surface area contributed by atoms with Crippen LogP contribution in [0.3, 0.4) is 0 Å². The Morgan fingerprint density at radius 2 is 1.92 bits per heavy atom. The Bertz CT molecular complexity index is 838. The van der Waals surface area contributed by atoms with Crippen LogP contribution in [0.25, 0.3) is 11.0 Å². The molecule has 4 nitrogen and oxygen atoms in total. The number of benzene rings is 2. The van der Waals surface area contributed by atoms with Crippen molar-refractivity contribution in [1.29, 1.82) is 0 Å². The minimum absolute atomic E-state index is 0.514.